The first-order valence-electron chi connectivity index (χ1n) is 6.48. The van der Waals surface area contributed by atoms with Crippen LogP contribution >= 0.6 is 23.2 Å². The third-order valence-electron chi connectivity index (χ3n) is 3.58. The first-order chi connectivity index (χ1) is 10.4. The fourth-order valence-corrected chi connectivity index (χ4v) is 2.67. The quantitative estimate of drug-likeness (QED) is 0.852. The molecule has 1 aliphatic heterocycles. The molecule has 2 heterocycles. The van der Waals surface area contributed by atoms with Crippen molar-refractivity contribution in [1.82, 2.24) is 9.99 Å². The molecule has 22 heavy (non-hydrogen) atoms. The minimum atomic E-state index is -0.403. The van der Waals surface area contributed by atoms with Crippen molar-refractivity contribution in [2.24, 2.45) is 0 Å². The fourth-order valence-electron chi connectivity index (χ4n) is 2.19. The van der Waals surface area contributed by atoms with Gasteiger partial charge in [-0.3, -0.25) is 15.0 Å². The Hall–Kier alpha value is -2.11. The number of rotatable bonds is 2. The number of benzene rings is 1. The SMILES string of the molecule is CC1=C(C)C(=O)N(Nc2cc(Cl)c3cccc(Cl)c3n2)C1=O. The number of amides is 2. The average Bonchev–Trinajstić information content (AvgIpc) is 2.66. The van der Waals surface area contributed by atoms with Gasteiger partial charge in [-0.25, -0.2) is 4.98 Å². The van der Waals surface area contributed by atoms with E-state index in [1.807, 2.05) is 0 Å². The lowest BCUT2D eigenvalue weighted by molar-refractivity contribution is -0.135. The van der Waals surface area contributed by atoms with Crippen LogP contribution in [-0.4, -0.2) is 21.8 Å². The van der Waals surface area contributed by atoms with Crippen LogP contribution in [0.2, 0.25) is 10.0 Å². The van der Waals surface area contributed by atoms with Crippen LogP contribution in [0.5, 0.6) is 0 Å². The molecule has 7 heteroatoms. The molecule has 0 bridgehead atoms. The monoisotopic (exact) mass is 335 g/mol. The number of imide groups is 1. The van der Waals surface area contributed by atoms with Crippen LogP contribution in [0.1, 0.15) is 13.8 Å². The van der Waals surface area contributed by atoms with E-state index in [0.29, 0.717) is 32.1 Å². The number of aromatic nitrogens is 1. The van der Waals surface area contributed by atoms with Gasteiger partial charge in [0.1, 0.15) is 5.82 Å². The number of carbonyl (C=O) groups is 2. The summed E-state index contributed by atoms with van der Waals surface area (Å²) in [5.41, 5.74) is 4.01. The van der Waals surface area contributed by atoms with E-state index >= 15 is 0 Å². The van der Waals surface area contributed by atoms with E-state index in [2.05, 4.69) is 10.4 Å². The molecule has 1 N–H and O–H groups in total. The minimum absolute atomic E-state index is 0.273. The summed E-state index contributed by atoms with van der Waals surface area (Å²) in [5, 5.41) is 2.49. The Morgan fingerprint density at radius 2 is 1.68 bits per heavy atom. The molecule has 0 atom stereocenters. The highest BCUT2D eigenvalue weighted by Gasteiger charge is 2.34. The second-order valence-corrected chi connectivity index (χ2v) is 5.75. The van der Waals surface area contributed by atoms with Gasteiger partial charge >= 0.3 is 0 Å². The first-order valence-corrected chi connectivity index (χ1v) is 7.23. The van der Waals surface area contributed by atoms with Crippen LogP contribution in [-0.2, 0) is 9.59 Å². The van der Waals surface area contributed by atoms with Gasteiger partial charge < -0.3 is 0 Å². The molecule has 1 aliphatic rings. The number of halogens is 2. The zero-order valence-corrected chi connectivity index (χ0v) is 13.3. The molecule has 0 fully saturated rings. The smallest absolute Gasteiger partial charge is 0.271 e. The average molecular weight is 336 g/mol. The number of fused-ring (bicyclic) bond motifs is 1. The number of hydrogen-bond donors (Lipinski definition) is 1. The van der Waals surface area contributed by atoms with Gasteiger partial charge in [-0.15, -0.1) is 0 Å². The van der Waals surface area contributed by atoms with Crippen molar-refractivity contribution in [1.29, 1.82) is 0 Å². The standard InChI is InChI=1S/C15H11Cl2N3O2/c1-7-8(2)15(22)20(14(7)21)19-12-6-11(17)9-4-3-5-10(16)13(9)18-12/h3-6H,1-2H3,(H,18,19). The van der Waals surface area contributed by atoms with E-state index in [-0.39, 0.29) is 5.82 Å². The van der Waals surface area contributed by atoms with E-state index in [1.54, 1.807) is 38.1 Å². The molecule has 0 radical (unpaired) electrons. The lowest BCUT2D eigenvalue weighted by Crippen LogP contribution is -2.37. The first kappa shape index (κ1) is 14.8. The Bertz CT molecular complexity index is 837. The Kier molecular flexibility index (Phi) is 3.54. The normalized spacial score (nSPS) is 15.2. The number of para-hydroxylation sites is 1. The molecule has 112 valence electrons. The molecule has 3 rings (SSSR count). The van der Waals surface area contributed by atoms with Crippen LogP contribution in [0.3, 0.4) is 0 Å². The largest absolute Gasteiger partial charge is 0.275 e. The predicted octanol–water partition coefficient (Wildman–Crippen LogP) is 3.57. The Labute approximate surface area is 136 Å². The summed E-state index contributed by atoms with van der Waals surface area (Å²) >= 11 is 12.3. The summed E-state index contributed by atoms with van der Waals surface area (Å²) in [7, 11) is 0. The highest BCUT2D eigenvalue weighted by molar-refractivity contribution is 6.39. The summed E-state index contributed by atoms with van der Waals surface area (Å²) in [6, 6.07) is 6.81. The lowest BCUT2D eigenvalue weighted by Gasteiger charge is -2.17. The minimum Gasteiger partial charge on any atom is -0.271 e. The van der Waals surface area contributed by atoms with Crippen molar-refractivity contribution < 1.29 is 9.59 Å². The van der Waals surface area contributed by atoms with Gasteiger partial charge in [-0.05, 0) is 19.9 Å². The van der Waals surface area contributed by atoms with Crippen molar-refractivity contribution in [3.63, 3.8) is 0 Å². The second kappa shape index (κ2) is 5.26. The molecular weight excluding hydrogens is 325 g/mol. The fraction of sp³-hybridized carbons (Fsp3) is 0.133. The predicted molar refractivity (Wildman–Crippen MR) is 85.6 cm³/mol. The number of nitrogens with zero attached hydrogens (tertiary/aromatic N) is 2. The summed E-state index contributed by atoms with van der Waals surface area (Å²) in [4.78, 5) is 28.4. The summed E-state index contributed by atoms with van der Waals surface area (Å²) < 4.78 is 0. The summed E-state index contributed by atoms with van der Waals surface area (Å²) in [6.45, 7) is 3.21. The number of hydrazine groups is 1. The number of hydrogen-bond acceptors (Lipinski definition) is 4. The molecule has 2 aromatic rings. The number of carbonyl (C=O) groups excluding carboxylic acids is 2. The van der Waals surface area contributed by atoms with E-state index in [1.165, 1.54) is 0 Å². The number of nitrogens with one attached hydrogen (secondary N) is 1. The Morgan fingerprint density at radius 3 is 2.32 bits per heavy atom. The molecule has 0 spiro atoms. The van der Waals surface area contributed by atoms with Gasteiger partial charge in [0.2, 0.25) is 0 Å². The Morgan fingerprint density at radius 1 is 1.05 bits per heavy atom. The maximum atomic E-state index is 12.0. The van der Waals surface area contributed by atoms with Crippen LogP contribution in [0.15, 0.2) is 35.4 Å². The van der Waals surface area contributed by atoms with Gasteiger partial charge in [0.05, 0.1) is 15.6 Å². The highest BCUT2D eigenvalue weighted by Crippen LogP contribution is 2.30. The molecule has 0 unspecified atom stereocenters. The van der Waals surface area contributed by atoms with Crippen LogP contribution < -0.4 is 5.43 Å². The van der Waals surface area contributed by atoms with Crippen molar-refractivity contribution in [2.45, 2.75) is 13.8 Å². The molecule has 0 saturated heterocycles. The van der Waals surface area contributed by atoms with Gasteiger partial charge in [0.25, 0.3) is 11.8 Å². The van der Waals surface area contributed by atoms with Gasteiger partial charge in [0.15, 0.2) is 0 Å². The Balaban J connectivity index is 2.01. The van der Waals surface area contributed by atoms with Gasteiger partial charge in [0, 0.05) is 22.6 Å². The molecule has 2 amide bonds. The molecule has 0 saturated carbocycles. The topological polar surface area (TPSA) is 62.3 Å². The molecule has 1 aromatic carbocycles. The van der Waals surface area contributed by atoms with Crippen LogP contribution in [0.25, 0.3) is 10.9 Å². The summed E-state index contributed by atoms with van der Waals surface area (Å²) in [6.07, 6.45) is 0. The van der Waals surface area contributed by atoms with E-state index in [4.69, 9.17) is 23.2 Å². The van der Waals surface area contributed by atoms with Crippen molar-refractivity contribution >= 4 is 51.7 Å². The van der Waals surface area contributed by atoms with E-state index in [0.717, 1.165) is 5.01 Å². The zero-order chi connectivity index (χ0) is 16.0. The number of anilines is 1. The van der Waals surface area contributed by atoms with Crippen LogP contribution in [0.4, 0.5) is 5.82 Å². The van der Waals surface area contributed by atoms with E-state index in [9.17, 15) is 9.59 Å². The molecular formula is C15H11Cl2N3O2. The van der Waals surface area contributed by atoms with Crippen LogP contribution in [0, 0.1) is 0 Å². The number of pyridine rings is 1. The van der Waals surface area contributed by atoms with Gasteiger partial charge in [-0.2, -0.15) is 5.01 Å². The molecule has 5 nitrogen and oxygen atoms in total. The summed E-state index contributed by atoms with van der Waals surface area (Å²) in [5.74, 6) is -0.533. The van der Waals surface area contributed by atoms with Crippen molar-refractivity contribution in [3.05, 3.63) is 45.5 Å². The maximum Gasteiger partial charge on any atom is 0.275 e. The maximum absolute atomic E-state index is 12.0. The van der Waals surface area contributed by atoms with Gasteiger partial charge in [-0.1, -0.05) is 35.3 Å². The molecule has 0 aliphatic carbocycles. The second-order valence-electron chi connectivity index (χ2n) is 4.93. The molecule has 1 aromatic heterocycles. The third kappa shape index (κ3) is 2.23. The zero-order valence-electron chi connectivity index (χ0n) is 11.8. The third-order valence-corrected chi connectivity index (χ3v) is 4.19. The van der Waals surface area contributed by atoms with E-state index < -0.39 is 11.8 Å². The van der Waals surface area contributed by atoms with Crippen molar-refractivity contribution in [2.75, 3.05) is 5.43 Å². The lowest BCUT2D eigenvalue weighted by atomic mass is 10.2. The highest BCUT2D eigenvalue weighted by atomic mass is 35.5. The van der Waals surface area contributed by atoms with Crippen molar-refractivity contribution in [3.8, 4) is 0 Å².